The minimum Gasteiger partial charge on any atom is -0.507 e. The number of hydrogen-bond donors (Lipinski definition) is 1. The standard InChI is InChI=1S/C9H8O2/c1-2-7-4-3-5-8(6-10)9(7)11/h2-6,11H,1H2. The molecule has 0 aromatic heterocycles. The van der Waals surface area contributed by atoms with Crippen molar-refractivity contribution in [2.45, 2.75) is 0 Å². The zero-order chi connectivity index (χ0) is 8.27. The fraction of sp³-hybridized carbons (Fsp3) is 0. The van der Waals surface area contributed by atoms with E-state index in [2.05, 4.69) is 6.58 Å². The lowest BCUT2D eigenvalue weighted by Gasteiger charge is -1.99. The van der Waals surface area contributed by atoms with Crippen LogP contribution in [0.5, 0.6) is 5.75 Å². The van der Waals surface area contributed by atoms with Crippen molar-refractivity contribution >= 4 is 12.4 Å². The lowest BCUT2D eigenvalue weighted by Crippen LogP contribution is -1.82. The van der Waals surface area contributed by atoms with E-state index in [1.54, 1.807) is 18.2 Å². The van der Waals surface area contributed by atoms with Crippen LogP contribution in [0.2, 0.25) is 0 Å². The van der Waals surface area contributed by atoms with Crippen LogP contribution in [0.3, 0.4) is 0 Å². The topological polar surface area (TPSA) is 37.3 Å². The highest BCUT2D eigenvalue weighted by molar-refractivity contribution is 5.81. The zero-order valence-corrected chi connectivity index (χ0v) is 5.95. The summed E-state index contributed by atoms with van der Waals surface area (Å²) in [7, 11) is 0. The van der Waals surface area contributed by atoms with Crippen LogP contribution >= 0.6 is 0 Å². The van der Waals surface area contributed by atoms with Gasteiger partial charge in [0.25, 0.3) is 0 Å². The van der Waals surface area contributed by atoms with E-state index in [1.165, 1.54) is 6.08 Å². The first-order valence-corrected chi connectivity index (χ1v) is 3.19. The first-order chi connectivity index (χ1) is 5.29. The van der Waals surface area contributed by atoms with Gasteiger partial charge in [0.05, 0.1) is 5.56 Å². The molecule has 2 heteroatoms. The number of hydrogen-bond acceptors (Lipinski definition) is 2. The maximum absolute atomic E-state index is 10.3. The predicted molar refractivity (Wildman–Crippen MR) is 43.6 cm³/mol. The average molecular weight is 148 g/mol. The van der Waals surface area contributed by atoms with Crippen molar-refractivity contribution in [1.82, 2.24) is 0 Å². The molecular weight excluding hydrogens is 140 g/mol. The van der Waals surface area contributed by atoms with Gasteiger partial charge in [-0.25, -0.2) is 0 Å². The molecule has 0 radical (unpaired) electrons. The van der Waals surface area contributed by atoms with Gasteiger partial charge >= 0.3 is 0 Å². The summed E-state index contributed by atoms with van der Waals surface area (Å²) in [6.07, 6.45) is 2.12. The molecule has 0 saturated heterocycles. The SMILES string of the molecule is C=Cc1cccc(C=O)c1O. The van der Waals surface area contributed by atoms with Crippen LogP contribution in [0, 0.1) is 0 Å². The minimum absolute atomic E-state index is 0.00231. The number of phenolic OH excluding ortho intramolecular Hbond substituents is 1. The summed E-state index contributed by atoms with van der Waals surface area (Å²) in [5, 5.41) is 9.29. The largest absolute Gasteiger partial charge is 0.507 e. The second kappa shape index (κ2) is 3.01. The number of rotatable bonds is 2. The molecule has 0 amide bonds. The van der Waals surface area contributed by atoms with Crippen molar-refractivity contribution in [1.29, 1.82) is 0 Å². The van der Waals surface area contributed by atoms with E-state index >= 15 is 0 Å². The molecule has 0 heterocycles. The first-order valence-electron chi connectivity index (χ1n) is 3.19. The Morgan fingerprint density at radius 3 is 2.55 bits per heavy atom. The Balaban J connectivity index is 3.30. The molecule has 0 bridgehead atoms. The average Bonchev–Trinajstić information content (AvgIpc) is 2.05. The van der Waals surface area contributed by atoms with Crippen LogP contribution in [0.4, 0.5) is 0 Å². The Morgan fingerprint density at radius 2 is 2.00 bits per heavy atom. The Bertz CT molecular complexity index is 263. The van der Waals surface area contributed by atoms with E-state index in [4.69, 9.17) is 0 Å². The van der Waals surface area contributed by atoms with Gasteiger partial charge in [0.15, 0.2) is 6.29 Å². The van der Waals surface area contributed by atoms with Crippen molar-refractivity contribution < 1.29 is 9.90 Å². The summed E-state index contributed by atoms with van der Waals surface area (Å²) in [5.74, 6) is -0.00231. The molecule has 0 fully saturated rings. The van der Waals surface area contributed by atoms with Crippen molar-refractivity contribution in [2.75, 3.05) is 0 Å². The van der Waals surface area contributed by atoms with Gasteiger partial charge in [-0.15, -0.1) is 0 Å². The third kappa shape index (κ3) is 1.29. The minimum atomic E-state index is -0.00231. The van der Waals surface area contributed by atoms with Crippen LogP contribution < -0.4 is 0 Å². The smallest absolute Gasteiger partial charge is 0.153 e. The number of carbonyl (C=O) groups is 1. The van der Waals surface area contributed by atoms with E-state index < -0.39 is 0 Å². The second-order valence-electron chi connectivity index (χ2n) is 2.11. The van der Waals surface area contributed by atoms with Crippen LogP contribution in [0.15, 0.2) is 24.8 Å². The molecule has 1 rings (SSSR count). The molecule has 0 aliphatic rings. The van der Waals surface area contributed by atoms with Crippen molar-refractivity contribution in [3.63, 3.8) is 0 Å². The third-order valence-corrected chi connectivity index (χ3v) is 1.45. The molecule has 2 nitrogen and oxygen atoms in total. The molecule has 0 aliphatic carbocycles. The molecule has 11 heavy (non-hydrogen) atoms. The third-order valence-electron chi connectivity index (χ3n) is 1.45. The van der Waals surface area contributed by atoms with Crippen molar-refractivity contribution in [3.8, 4) is 5.75 Å². The molecule has 1 N–H and O–H groups in total. The summed E-state index contributed by atoms with van der Waals surface area (Å²) in [5.41, 5.74) is 0.872. The second-order valence-corrected chi connectivity index (χ2v) is 2.11. The van der Waals surface area contributed by atoms with Crippen LogP contribution in [0.25, 0.3) is 6.08 Å². The number of para-hydroxylation sites is 1. The molecule has 0 unspecified atom stereocenters. The fourth-order valence-corrected chi connectivity index (χ4v) is 0.840. The highest BCUT2D eigenvalue weighted by Crippen LogP contribution is 2.21. The Labute approximate surface area is 64.8 Å². The Morgan fingerprint density at radius 1 is 1.36 bits per heavy atom. The van der Waals surface area contributed by atoms with Gasteiger partial charge in [-0.2, -0.15) is 0 Å². The number of benzene rings is 1. The van der Waals surface area contributed by atoms with Crippen LogP contribution in [-0.4, -0.2) is 11.4 Å². The summed E-state index contributed by atoms with van der Waals surface area (Å²) in [4.78, 5) is 10.3. The normalized spacial score (nSPS) is 9.09. The van der Waals surface area contributed by atoms with Crippen LogP contribution in [-0.2, 0) is 0 Å². The van der Waals surface area contributed by atoms with Gasteiger partial charge in [0, 0.05) is 5.56 Å². The van der Waals surface area contributed by atoms with Gasteiger partial charge in [0.2, 0.25) is 0 Å². The highest BCUT2D eigenvalue weighted by Gasteiger charge is 2.01. The molecule has 0 aliphatic heterocycles. The lowest BCUT2D eigenvalue weighted by molar-refractivity contribution is 0.112. The molecule has 0 saturated carbocycles. The maximum atomic E-state index is 10.3. The summed E-state index contributed by atoms with van der Waals surface area (Å²) >= 11 is 0. The summed E-state index contributed by atoms with van der Waals surface area (Å²) < 4.78 is 0. The first kappa shape index (κ1) is 7.54. The maximum Gasteiger partial charge on any atom is 0.153 e. The number of carbonyl (C=O) groups excluding carboxylic acids is 1. The molecule has 1 aromatic carbocycles. The number of aromatic hydroxyl groups is 1. The monoisotopic (exact) mass is 148 g/mol. The van der Waals surface area contributed by atoms with Crippen molar-refractivity contribution in [2.24, 2.45) is 0 Å². The number of aldehydes is 1. The Kier molecular flexibility index (Phi) is 2.06. The van der Waals surface area contributed by atoms with Gasteiger partial charge in [-0.1, -0.05) is 24.8 Å². The summed E-state index contributed by atoms with van der Waals surface area (Å²) in [6.45, 7) is 3.49. The fourth-order valence-electron chi connectivity index (χ4n) is 0.840. The van der Waals surface area contributed by atoms with E-state index in [-0.39, 0.29) is 5.75 Å². The van der Waals surface area contributed by atoms with Crippen LogP contribution in [0.1, 0.15) is 15.9 Å². The number of phenols is 1. The molecule has 56 valence electrons. The van der Waals surface area contributed by atoms with E-state index in [0.717, 1.165) is 0 Å². The highest BCUT2D eigenvalue weighted by atomic mass is 16.3. The predicted octanol–water partition coefficient (Wildman–Crippen LogP) is 1.85. The molecule has 0 atom stereocenters. The summed E-state index contributed by atoms with van der Waals surface area (Å²) in [6, 6.07) is 4.94. The quantitative estimate of drug-likeness (QED) is 0.650. The van der Waals surface area contributed by atoms with Gasteiger partial charge in [-0.3, -0.25) is 4.79 Å². The van der Waals surface area contributed by atoms with E-state index in [9.17, 15) is 9.90 Å². The molecule has 1 aromatic rings. The van der Waals surface area contributed by atoms with Crippen molar-refractivity contribution in [3.05, 3.63) is 35.9 Å². The van der Waals surface area contributed by atoms with Gasteiger partial charge in [-0.05, 0) is 6.07 Å². The Hall–Kier alpha value is -1.57. The lowest BCUT2D eigenvalue weighted by atomic mass is 10.1. The zero-order valence-electron chi connectivity index (χ0n) is 5.95. The molecule has 0 spiro atoms. The van der Waals surface area contributed by atoms with E-state index in [0.29, 0.717) is 17.4 Å². The van der Waals surface area contributed by atoms with Gasteiger partial charge in [0.1, 0.15) is 5.75 Å². The van der Waals surface area contributed by atoms with Gasteiger partial charge < -0.3 is 5.11 Å². The molecular formula is C9H8O2. The van der Waals surface area contributed by atoms with E-state index in [1.807, 2.05) is 0 Å².